The predicted octanol–water partition coefficient (Wildman–Crippen LogP) is 4.10. The Morgan fingerprint density at radius 1 is 1.17 bits per heavy atom. The summed E-state index contributed by atoms with van der Waals surface area (Å²) in [5.74, 6) is 0.335. The van der Waals surface area contributed by atoms with Gasteiger partial charge in [0.15, 0.2) is 5.82 Å². The van der Waals surface area contributed by atoms with Gasteiger partial charge in [0.2, 0.25) is 0 Å². The van der Waals surface area contributed by atoms with Gasteiger partial charge in [0.05, 0.1) is 17.8 Å². The third kappa shape index (κ3) is 2.74. The molecule has 0 aliphatic rings. The van der Waals surface area contributed by atoms with E-state index in [1.54, 1.807) is 19.2 Å². The molecule has 0 fully saturated rings. The Kier molecular flexibility index (Phi) is 4.05. The van der Waals surface area contributed by atoms with Gasteiger partial charge in [-0.3, -0.25) is 0 Å². The Balaban J connectivity index is 2.14. The zero-order valence-electron chi connectivity index (χ0n) is 9.91. The van der Waals surface area contributed by atoms with E-state index >= 15 is 0 Å². The van der Waals surface area contributed by atoms with Gasteiger partial charge >= 0.3 is 0 Å². The molecule has 0 unspecified atom stereocenters. The maximum absolute atomic E-state index is 13.7. The van der Waals surface area contributed by atoms with Crippen molar-refractivity contribution in [1.82, 2.24) is 0 Å². The van der Waals surface area contributed by atoms with Crippen LogP contribution in [-0.4, -0.2) is 7.11 Å². The summed E-state index contributed by atoms with van der Waals surface area (Å²) in [6.45, 7) is 0.473. The van der Waals surface area contributed by atoms with E-state index in [0.717, 1.165) is 11.3 Å². The van der Waals surface area contributed by atoms with Crippen LogP contribution in [0.5, 0.6) is 5.75 Å². The highest BCUT2D eigenvalue weighted by molar-refractivity contribution is 6.31. The van der Waals surface area contributed by atoms with Crippen molar-refractivity contribution >= 4 is 17.3 Å². The number of anilines is 1. The SMILES string of the molecule is COc1ccccc1CNc1cccc(Cl)c1F. The molecule has 0 saturated heterocycles. The number of rotatable bonds is 4. The van der Waals surface area contributed by atoms with Crippen LogP contribution in [-0.2, 0) is 6.54 Å². The van der Waals surface area contributed by atoms with Crippen molar-refractivity contribution in [2.24, 2.45) is 0 Å². The number of ether oxygens (including phenoxy) is 1. The number of hydrogen-bond acceptors (Lipinski definition) is 2. The molecule has 0 saturated carbocycles. The average Bonchev–Trinajstić information content (AvgIpc) is 2.41. The molecule has 2 aromatic rings. The van der Waals surface area contributed by atoms with E-state index in [1.165, 1.54) is 6.07 Å². The molecule has 0 bridgehead atoms. The Morgan fingerprint density at radius 2 is 1.94 bits per heavy atom. The van der Waals surface area contributed by atoms with Crippen LogP contribution >= 0.6 is 11.6 Å². The Hall–Kier alpha value is -1.74. The van der Waals surface area contributed by atoms with Crippen LogP contribution in [0, 0.1) is 5.82 Å². The number of methoxy groups -OCH3 is 1. The van der Waals surface area contributed by atoms with Gasteiger partial charge in [0.1, 0.15) is 5.75 Å². The highest BCUT2D eigenvalue weighted by atomic mass is 35.5. The molecule has 2 aromatic carbocycles. The van der Waals surface area contributed by atoms with Crippen molar-refractivity contribution in [2.45, 2.75) is 6.54 Å². The largest absolute Gasteiger partial charge is 0.496 e. The van der Waals surface area contributed by atoms with E-state index in [-0.39, 0.29) is 5.02 Å². The smallest absolute Gasteiger partial charge is 0.164 e. The molecule has 0 spiro atoms. The minimum absolute atomic E-state index is 0.111. The molecule has 0 aromatic heterocycles. The molecule has 0 radical (unpaired) electrons. The highest BCUT2D eigenvalue weighted by Crippen LogP contribution is 2.24. The van der Waals surface area contributed by atoms with E-state index in [0.29, 0.717) is 12.2 Å². The summed E-state index contributed by atoms with van der Waals surface area (Å²) in [6, 6.07) is 12.5. The molecular formula is C14H13ClFNO. The summed E-state index contributed by atoms with van der Waals surface area (Å²) in [4.78, 5) is 0. The summed E-state index contributed by atoms with van der Waals surface area (Å²) in [6.07, 6.45) is 0. The molecule has 0 aliphatic carbocycles. The summed E-state index contributed by atoms with van der Waals surface area (Å²) in [5, 5.41) is 3.12. The summed E-state index contributed by atoms with van der Waals surface area (Å²) < 4.78 is 18.9. The number of benzene rings is 2. The molecule has 2 rings (SSSR count). The standard InChI is InChI=1S/C14H13ClFNO/c1-18-13-8-3-2-5-10(13)9-17-12-7-4-6-11(15)14(12)16/h2-8,17H,9H2,1H3. The first kappa shape index (κ1) is 12.7. The summed E-state index contributed by atoms with van der Waals surface area (Å²) in [5.41, 5.74) is 1.34. The fraction of sp³-hybridized carbons (Fsp3) is 0.143. The van der Waals surface area contributed by atoms with Crippen molar-refractivity contribution < 1.29 is 9.13 Å². The molecule has 1 N–H and O–H groups in total. The summed E-state index contributed by atoms with van der Waals surface area (Å²) in [7, 11) is 1.61. The Bertz CT molecular complexity index is 545. The first-order valence-electron chi connectivity index (χ1n) is 5.52. The Labute approximate surface area is 110 Å². The second-order valence-corrected chi connectivity index (χ2v) is 4.17. The van der Waals surface area contributed by atoms with E-state index in [1.807, 2.05) is 24.3 Å². The first-order valence-corrected chi connectivity index (χ1v) is 5.90. The van der Waals surface area contributed by atoms with Gasteiger partial charge in [-0.25, -0.2) is 4.39 Å². The van der Waals surface area contributed by atoms with Crippen LogP contribution in [0.1, 0.15) is 5.56 Å². The molecule has 4 heteroatoms. The molecule has 0 aliphatic heterocycles. The molecule has 94 valence electrons. The zero-order valence-corrected chi connectivity index (χ0v) is 10.7. The third-order valence-corrected chi connectivity index (χ3v) is 2.91. The fourth-order valence-electron chi connectivity index (χ4n) is 1.68. The number of para-hydroxylation sites is 1. The minimum atomic E-state index is -0.436. The van der Waals surface area contributed by atoms with E-state index in [2.05, 4.69) is 5.32 Å². The lowest BCUT2D eigenvalue weighted by Gasteiger charge is -2.11. The maximum Gasteiger partial charge on any atom is 0.164 e. The quantitative estimate of drug-likeness (QED) is 0.899. The van der Waals surface area contributed by atoms with Crippen molar-refractivity contribution in [3.05, 3.63) is 58.9 Å². The van der Waals surface area contributed by atoms with Gasteiger partial charge in [0.25, 0.3) is 0 Å². The number of nitrogens with one attached hydrogen (secondary N) is 1. The van der Waals surface area contributed by atoms with Gasteiger partial charge in [-0.15, -0.1) is 0 Å². The lowest BCUT2D eigenvalue weighted by molar-refractivity contribution is 0.410. The normalized spacial score (nSPS) is 10.2. The van der Waals surface area contributed by atoms with Gasteiger partial charge in [-0.2, -0.15) is 0 Å². The van der Waals surface area contributed by atoms with Crippen LogP contribution in [0.3, 0.4) is 0 Å². The highest BCUT2D eigenvalue weighted by Gasteiger charge is 2.07. The monoisotopic (exact) mass is 265 g/mol. The van der Waals surface area contributed by atoms with Crippen LogP contribution in [0.15, 0.2) is 42.5 Å². The van der Waals surface area contributed by atoms with Crippen LogP contribution in [0.25, 0.3) is 0 Å². The molecule has 18 heavy (non-hydrogen) atoms. The van der Waals surface area contributed by atoms with Crippen molar-refractivity contribution in [3.63, 3.8) is 0 Å². The molecule has 0 amide bonds. The van der Waals surface area contributed by atoms with E-state index in [4.69, 9.17) is 16.3 Å². The molecule has 0 atom stereocenters. The summed E-state index contributed by atoms with van der Waals surface area (Å²) >= 11 is 5.71. The second-order valence-electron chi connectivity index (χ2n) is 3.77. The van der Waals surface area contributed by atoms with Crippen molar-refractivity contribution in [1.29, 1.82) is 0 Å². The number of hydrogen-bond donors (Lipinski definition) is 1. The second kappa shape index (κ2) is 5.74. The van der Waals surface area contributed by atoms with Crippen LogP contribution < -0.4 is 10.1 Å². The van der Waals surface area contributed by atoms with Gasteiger partial charge in [-0.05, 0) is 18.2 Å². The Morgan fingerprint density at radius 3 is 2.72 bits per heavy atom. The predicted molar refractivity (Wildman–Crippen MR) is 71.7 cm³/mol. The lowest BCUT2D eigenvalue weighted by atomic mass is 10.2. The minimum Gasteiger partial charge on any atom is -0.496 e. The average molecular weight is 266 g/mol. The molecule has 0 heterocycles. The van der Waals surface area contributed by atoms with Crippen molar-refractivity contribution in [3.8, 4) is 5.75 Å². The third-order valence-electron chi connectivity index (χ3n) is 2.61. The molecule has 2 nitrogen and oxygen atoms in total. The van der Waals surface area contributed by atoms with E-state index in [9.17, 15) is 4.39 Å². The van der Waals surface area contributed by atoms with Crippen molar-refractivity contribution in [2.75, 3.05) is 12.4 Å². The van der Waals surface area contributed by atoms with Gasteiger partial charge < -0.3 is 10.1 Å². The number of halogens is 2. The first-order chi connectivity index (χ1) is 8.72. The van der Waals surface area contributed by atoms with Crippen LogP contribution in [0.4, 0.5) is 10.1 Å². The topological polar surface area (TPSA) is 21.3 Å². The van der Waals surface area contributed by atoms with Gasteiger partial charge in [0, 0.05) is 12.1 Å². The fourth-order valence-corrected chi connectivity index (χ4v) is 1.85. The maximum atomic E-state index is 13.7. The zero-order chi connectivity index (χ0) is 13.0. The lowest BCUT2D eigenvalue weighted by Crippen LogP contribution is -2.03. The van der Waals surface area contributed by atoms with Gasteiger partial charge in [-0.1, -0.05) is 35.9 Å². The van der Waals surface area contributed by atoms with E-state index < -0.39 is 5.82 Å². The molecular weight excluding hydrogens is 253 g/mol. The van der Waals surface area contributed by atoms with Crippen LogP contribution in [0.2, 0.25) is 5.02 Å².